The first kappa shape index (κ1) is 21.2. The molecule has 0 aliphatic carbocycles. The number of nitrogens with zero attached hydrogens (tertiary/aromatic N) is 1. The van der Waals surface area contributed by atoms with Crippen molar-refractivity contribution in [1.82, 2.24) is 0 Å². The highest BCUT2D eigenvalue weighted by molar-refractivity contribution is 7.92. The lowest BCUT2D eigenvalue weighted by molar-refractivity contribution is 0.0295. The zero-order valence-electron chi connectivity index (χ0n) is 17.9. The van der Waals surface area contributed by atoms with Crippen LogP contribution in [0.5, 0.6) is 0 Å². The molecule has 0 radical (unpaired) electrons. The molecule has 1 spiro atoms. The summed E-state index contributed by atoms with van der Waals surface area (Å²) < 4.78 is 34.3. The molecule has 0 amide bonds. The Hall–Kier alpha value is -2.05. The molecule has 2 heterocycles. The van der Waals surface area contributed by atoms with Crippen molar-refractivity contribution in [3.05, 3.63) is 60.2 Å². The molecule has 2 fully saturated rings. The Morgan fingerprint density at radius 3 is 2.33 bits per heavy atom. The standard InChI is InChI=1S/C24H32N2O3S/c1-23(2)18-24(19-29-23)13-15-26(16-14-24)22-11-7-6-10-21(22)25-30(27,28)17-12-20-8-4-3-5-9-20/h3-11,25H,12-19H2,1-2H3. The summed E-state index contributed by atoms with van der Waals surface area (Å²) in [6.45, 7) is 7.02. The molecule has 2 aliphatic heterocycles. The second kappa shape index (κ2) is 8.23. The molecular formula is C24H32N2O3S. The Labute approximate surface area is 180 Å². The maximum atomic E-state index is 12.7. The van der Waals surface area contributed by atoms with Gasteiger partial charge in [0.25, 0.3) is 0 Å². The van der Waals surface area contributed by atoms with Gasteiger partial charge in [-0.25, -0.2) is 8.42 Å². The van der Waals surface area contributed by atoms with Gasteiger partial charge in [0.1, 0.15) is 0 Å². The summed E-state index contributed by atoms with van der Waals surface area (Å²) >= 11 is 0. The van der Waals surface area contributed by atoms with Gasteiger partial charge in [-0.2, -0.15) is 0 Å². The predicted octanol–water partition coefficient (Wildman–Crippen LogP) is 4.46. The van der Waals surface area contributed by atoms with Gasteiger partial charge in [-0.1, -0.05) is 42.5 Å². The highest BCUT2D eigenvalue weighted by atomic mass is 32.2. The van der Waals surface area contributed by atoms with Gasteiger partial charge in [0.05, 0.1) is 29.3 Å². The summed E-state index contributed by atoms with van der Waals surface area (Å²) in [6.07, 6.45) is 3.75. The smallest absolute Gasteiger partial charge is 0.233 e. The van der Waals surface area contributed by atoms with Gasteiger partial charge >= 0.3 is 0 Å². The predicted molar refractivity (Wildman–Crippen MR) is 123 cm³/mol. The number of hydrogen-bond donors (Lipinski definition) is 1. The van der Waals surface area contributed by atoms with Crippen LogP contribution in [0.15, 0.2) is 54.6 Å². The van der Waals surface area contributed by atoms with Gasteiger partial charge in [0.2, 0.25) is 10.0 Å². The van der Waals surface area contributed by atoms with Crippen LogP contribution >= 0.6 is 0 Å². The lowest BCUT2D eigenvalue weighted by Gasteiger charge is -2.40. The fourth-order valence-corrected chi connectivity index (χ4v) is 5.96. The molecule has 2 aromatic carbocycles. The average molecular weight is 429 g/mol. The molecule has 30 heavy (non-hydrogen) atoms. The van der Waals surface area contributed by atoms with Crippen molar-refractivity contribution in [2.45, 2.75) is 45.1 Å². The van der Waals surface area contributed by atoms with Crippen LogP contribution in [0, 0.1) is 5.41 Å². The van der Waals surface area contributed by atoms with Crippen LogP contribution in [0.2, 0.25) is 0 Å². The number of anilines is 2. The van der Waals surface area contributed by atoms with Crippen molar-refractivity contribution in [2.75, 3.05) is 35.1 Å². The number of piperidine rings is 1. The van der Waals surface area contributed by atoms with Crippen LogP contribution in [0.25, 0.3) is 0 Å². The normalized spacial score (nSPS) is 20.4. The molecule has 0 aromatic heterocycles. The van der Waals surface area contributed by atoms with E-state index in [-0.39, 0.29) is 16.8 Å². The van der Waals surface area contributed by atoms with E-state index >= 15 is 0 Å². The van der Waals surface area contributed by atoms with Crippen molar-refractivity contribution < 1.29 is 13.2 Å². The van der Waals surface area contributed by atoms with Gasteiger partial charge in [-0.3, -0.25) is 4.72 Å². The topological polar surface area (TPSA) is 58.6 Å². The van der Waals surface area contributed by atoms with Crippen molar-refractivity contribution in [3.8, 4) is 0 Å². The van der Waals surface area contributed by atoms with E-state index in [2.05, 4.69) is 23.5 Å². The van der Waals surface area contributed by atoms with E-state index in [1.54, 1.807) is 0 Å². The Bertz CT molecular complexity index is 965. The third-order valence-electron chi connectivity index (χ3n) is 6.41. The molecule has 5 nitrogen and oxygen atoms in total. The quantitative estimate of drug-likeness (QED) is 0.738. The third-order valence-corrected chi connectivity index (χ3v) is 7.68. The molecule has 2 saturated heterocycles. The number of sulfonamides is 1. The van der Waals surface area contributed by atoms with Gasteiger partial charge < -0.3 is 9.64 Å². The van der Waals surface area contributed by atoms with E-state index in [0.717, 1.165) is 50.2 Å². The molecule has 0 atom stereocenters. The lowest BCUT2D eigenvalue weighted by Crippen LogP contribution is -2.41. The SMILES string of the molecule is CC1(C)CC2(CCN(c3ccccc3NS(=O)(=O)CCc3ccccc3)CC2)CO1. The molecule has 6 heteroatoms. The Morgan fingerprint density at radius 2 is 1.67 bits per heavy atom. The summed E-state index contributed by atoms with van der Waals surface area (Å²) in [7, 11) is -3.43. The monoisotopic (exact) mass is 428 g/mol. The van der Waals surface area contributed by atoms with Crippen molar-refractivity contribution in [2.24, 2.45) is 5.41 Å². The Balaban J connectivity index is 1.42. The first-order chi connectivity index (χ1) is 14.3. The number of nitrogens with one attached hydrogen (secondary N) is 1. The van der Waals surface area contributed by atoms with E-state index in [4.69, 9.17) is 4.74 Å². The van der Waals surface area contributed by atoms with E-state index in [0.29, 0.717) is 12.1 Å². The average Bonchev–Trinajstić information content (AvgIpc) is 3.02. The molecular weight excluding hydrogens is 396 g/mol. The van der Waals surface area contributed by atoms with Crippen LogP contribution < -0.4 is 9.62 Å². The van der Waals surface area contributed by atoms with Crippen LogP contribution in [0.4, 0.5) is 11.4 Å². The number of hydrogen-bond acceptors (Lipinski definition) is 4. The number of aryl methyl sites for hydroxylation is 1. The molecule has 4 rings (SSSR count). The molecule has 2 aliphatic rings. The fourth-order valence-electron chi connectivity index (χ4n) is 4.85. The fraction of sp³-hybridized carbons (Fsp3) is 0.500. The Kier molecular flexibility index (Phi) is 5.82. The molecule has 2 aromatic rings. The minimum Gasteiger partial charge on any atom is -0.375 e. The van der Waals surface area contributed by atoms with E-state index in [9.17, 15) is 8.42 Å². The Morgan fingerprint density at radius 1 is 1.00 bits per heavy atom. The number of benzene rings is 2. The minimum absolute atomic E-state index is 0.0333. The maximum absolute atomic E-state index is 12.7. The van der Waals surface area contributed by atoms with Crippen molar-refractivity contribution >= 4 is 21.4 Å². The second-order valence-corrected chi connectivity index (χ2v) is 11.2. The van der Waals surface area contributed by atoms with Gasteiger partial charge in [0.15, 0.2) is 0 Å². The van der Waals surface area contributed by atoms with Crippen LogP contribution in [-0.4, -0.2) is 39.5 Å². The highest BCUT2D eigenvalue weighted by Gasteiger charge is 2.45. The van der Waals surface area contributed by atoms with E-state index in [1.807, 2.05) is 54.6 Å². The van der Waals surface area contributed by atoms with E-state index < -0.39 is 10.0 Å². The number of para-hydroxylation sites is 2. The molecule has 0 unspecified atom stereocenters. The molecule has 0 bridgehead atoms. The number of rotatable bonds is 6. The first-order valence-corrected chi connectivity index (χ1v) is 12.4. The summed E-state index contributed by atoms with van der Waals surface area (Å²) in [5.74, 6) is 0.0703. The molecule has 1 N–H and O–H groups in total. The van der Waals surface area contributed by atoms with Crippen molar-refractivity contribution in [1.29, 1.82) is 0 Å². The minimum atomic E-state index is -3.43. The first-order valence-electron chi connectivity index (χ1n) is 10.8. The highest BCUT2D eigenvalue weighted by Crippen LogP contribution is 2.47. The molecule has 0 saturated carbocycles. The molecule has 162 valence electrons. The summed E-state index contributed by atoms with van der Waals surface area (Å²) in [4.78, 5) is 2.31. The van der Waals surface area contributed by atoms with Crippen LogP contribution in [0.3, 0.4) is 0 Å². The number of ether oxygens (including phenoxy) is 1. The van der Waals surface area contributed by atoms with Gasteiger partial charge in [0, 0.05) is 13.1 Å². The third kappa shape index (κ3) is 4.98. The van der Waals surface area contributed by atoms with Crippen molar-refractivity contribution in [3.63, 3.8) is 0 Å². The van der Waals surface area contributed by atoms with Crippen LogP contribution in [-0.2, 0) is 21.2 Å². The summed E-state index contributed by atoms with van der Waals surface area (Å²) in [5.41, 5.74) is 2.90. The maximum Gasteiger partial charge on any atom is 0.233 e. The lowest BCUT2D eigenvalue weighted by atomic mass is 9.74. The van der Waals surface area contributed by atoms with Crippen LogP contribution in [0.1, 0.15) is 38.7 Å². The van der Waals surface area contributed by atoms with E-state index in [1.165, 1.54) is 0 Å². The van der Waals surface area contributed by atoms with Gasteiger partial charge in [-0.15, -0.1) is 0 Å². The second-order valence-electron chi connectivity index (χ2n) is 9.39. The summed E-state index contributed by atoms with van der Waals surface area (Å²) in [5, 5.41) is 0. The largest absolute Gasteiger partial charge is 0.375 e. The summed E-state index contributed by atoms with van der Waals surface area (Å²) in [6, 6.07) is 17.5. The zero-order chi connectivity index (χ0) is 21.2. The zero-order valence-corrected chi connectivity index (χ0v) is 18.7. The van der Waals surface area contributed by atoms with Gasteiger partial charge in [-0.05, 0) is 62.6 Å².